The van der Waals surface area contributed by atoms with Gasteiger partial charge in [0.15, 0.2) is 11.6 Å². The van der Waals surface area contributed by atoms with Gasteiger partial charge in [-0.1, -0.05) is 12.1 Å². The molecule has 0 aliphatic carbocycles. The van der Waals surface area contributed by atoms with Gasteiger partial charge in [0.1, 0.15) is 34.5 Å². The highest BCUT2D eigenvalue weighted by atomic mass is 16.5. The molecule has 0 aliphatic heterocycles. The first-order valence-corrected chi connectivity index (χ1v) is 10.9. The third kappa shape index (κ3) is 4.60. The van der Waals surface area contributed by atoms with E-state index in [1.807, 2.05) is 31.2 Å². The standard InChI is InChI=1S/C24H24N6O5/c1-5-34-23(31)16-11-25-13-26-21(16)29-22-17(24(32)35-6-2)12-27-30(22)19-10-14(3)15-8-7-9-18(33-4)20(15)28-19/h7-13H,5-6H2,1-4H3,(H,25,26,29). The van der Waals surface area contributed by atoms with E-state index in [0.29, 0.717) is 17.1 Å². The molecule has 11 heteroatoms. The Morgan fingerprint density at radius 2 is 1.80 bits per heavy atom. The number of esters is 2. The average Bonchev–Trinajstić information content (AvgIpc) is 3.28. The van der Waals surface area contributed by atoms with Crippen molar-refractivity contribution in [3.05, 3.63) is 59.7 Å². The van der Waals surface area contributed by atoms with Crippen LogP contribution >= 0.6 is 0 Å². The van der Waals surface area contributed by atoms with E-state index >= 15 is 0 Å². The van der Waals surface area contributed by atoms with Crippen molar-refractivity contribution in [3.8, 4) is 11.6 Å². The number of fused-ring (bicyclic) bond motifs is 1. The van der Waals surface area contributed by atoms with Crippen molar-refractivity contribution in [1.29, 1.82) is 0 Å². The second-order valence-corrected chi connectivity index (χ2v) is 7.32. The summed E-state index contributed by atoms with van der Waals surface area (Å²) in [5.74, 6) is 0.172. The van der Waals surface area contributed by atoms with Crippen LogP contribution in [0.2, 0.25) is 0 Å². The molecule has 0 saturated heterocycles. The van der Waals surface area contributed by atoms with E-state index in [0.717, 1.165) is 10.9 Å². The molecule has 1 N–H and O–H groups in total. The Labute approximate surface area is 201 Å². The largest absolute Gasteiger partial charge is 0.494 e. The summed E-state index contributed by atoms with van der Waals surface area (Å²) >= 11 is 0. The molecular weight excluding hydrogens is 452 g/mol. The summed E-state index contributed by atoms with van der Waals surface area (Å²) in [6, 6.07) is 7.49. The van der Waals surface area contributed by atoms with Crippen LogP contribution in [-0.2, 0) is 9.47 Å². The molecule has 1 aromatic carbocycles. The number of benzene rings is 1. The van der Waals surface area contributed by atoms with Gasteiger partial charge in [-0.05, 0) is 38.5 Å². The second-order valence-electron chi connectivity index (χ2n) is 7.32. The maximum atomic E-state index is 12.7. The van der Waals surface area contributed by atoms with Crippen molar-refractivity contribution in [3.63, 3.8) is 0 Å². The Morgan fingerprint density at radius 3 is 2.51 bits per heavy atom. The number of para-hydroxylation sites is 1. The monoisotopic (exact) mass is 476 g/mol. The summed E-state index contributed by atoms with van der Waals surface area (Å²) in [4.78, 5) is 38.0. The smallest absolute Gasteiger partial charge is 0.343 e. The quantitative estimate of drug-likeness (QED) is 0.376. The van der Waals surface area contributed by atoms with Gasteiger partial charge >= 0.3 is 11.9 Å². The number of ether oxygens (including phenoxy) is 3. The summed E-state index contributed by atoms with van der Waals surface area (Å²) in [5.41, 5.74) is 1.80. The molecule has 0 amide bonds. The van der Waals surface area contributed by atoms with Gasteiger partial charge in [-0.2, -0.15) is 9.78 Å². The van der Waals surface area contributed by atoms with Crippen molar-refractivity contribution < 1.29 is 23.8 Å². The molecule has 0 aliphatic rings. The first-order valence-electron chi connectivity index (χ1n) is 10.9. The molecule has 0 unspecified atom stereocenters. The van der Waals surface area contributed by atoms with Crippen LogP contribution in [0.5, 0.6) is 5.75 Å². The van der Waals surface area contributed by atoms with E-state index in [9.17, 15) is 9.59 Å². The van der Waals surface area contributed by atoms with Crippen molar-refractivity contribution >= 4 is 34.5 Å². The van der Waals surface area contributed by atoms with Crippen LogP contribution in [0.3, 0.4) is 0 Å². The van der Waals surface area contributed by atoms with Crippen LogP contribution in [0.4, 0.5) is 11.6 Å². The molecule has 3 aromatic heterocycles. The summed E-state index contributed by atoms with van der Waals surface area (Å²) in [7, 11) is 1.57. The van der Waals surface area contributed by atoms with Gasteiger partial charge in [0, 0.05) is 11.6 Å². The van der Waals surface area contributed by atoms with Gasteiger partial charge in [-0.3, -0.25) is 0 Å². The zero-order chi connectivity index (χ0) is 24.9. The SMILES string of the molecule is CCOC(=O)c1cncnc1Nc1c(C(=O)OCC)cnn1-c1cc(C)c2cccc(OC)c2n1. The number of anilines is 2. The summed E-state index contributed by atoms with van der Waals surface area (Å²) in [5, 5.41) is 8.35. The zero-order valence-corrected chi connectivity index (χ0v) is 19.7. The lowest BCUT2D eigenvalue weighted by Gasteiger charge is -2.14. The number of carbonyl (C=O) groups is 2. The fourth-order valence-corrected chi connectivity index (χ4v) is 3.55. The predicted molar refractivity (Wildman–Crippen MR) is 127 cm³/mol. The van der Waals surface area contributed by atoms with E-state index in [4.69, 9.17) is 19.2 Å². The summed E-state index contributed by atoms with van der Waals surface area (Å²) in [6.07, 6.45) is 3.98. The Hall–Kier alpha value is -4.54. The van der Waals surface area contributed by atoms with Crippen LogP contribution in [0, 0.1) is 6.92 Å². The maximum Gasteiger partial charge on any atom is 0.343 e. The maximum absolute atomic E-state index is 12.7. The predicted octanol–water partition coefficient (Wildman–Crippen LogP) is 3.62. The van der Waals surface area contributed by atoms with Crippen LogP contribution in [-0.4, -0.2) is 57.0 Å². The normalized spacial score (nSPS) is 10.7. The number of carbonyl (C=O) groups excluding carboxylic acids is 2. The molecule has 0 atom stereocenters. The number of hydrogen-bond acceptors (Lipinski definition) is 10. The number of aromatic nitrogens is 5. The Morgan fingerprint density at radius 1 is 1.06 bits per heavy atom. The second kappa shape index (κ2) is 10.2. The number of aryl methyl sites for hydroxylation is 1. The van der Waals surface area contributed by atoms with E-state index in [-0.39, 0.29) is 36.0 Å². The summed E-state index contributed by atoms with van der Waals surface area (Å²) in [6.45, 7) is 5.71. The lowest BCUT2D eigenvalue weighted by molar-refractivity contribution is 0.0518. The van der Waals surface area contributed by atoms with Crippen LogP contribution < -0.4 is 10.1 Å². The minimum absolute atomic E-state index is 0.0984. The topological polar surface area (TPSA) is 130 Å². The molecule has 4 aromatic rings. The minimum atomic E-state index is -0.608. The van der Waals surface area contributed by atoms with Crippen molar-refractivity contribution in [2.45, 2.75) is 20.8 Å². The molecule has 0 radical (unpaired) electrons. The molecule has 0 bridgehead atoms. The molecular formula is C24H24N6O5. The fourth-order valence-electron chi connectivity index (χ4n) is 3.55. The lowest BCUT2D eigenvalue weighted by Crippen LogP contribution is -2.14. The van der Waals surface area contributed by atoms with Crippen molar-refractivity contribution in [2.24, 2.45) is 0 Å². The average molecular weight is 476 g/mol. The minimum Gasteiger partial charge on any atom is -0.494 e. The molecule has 4 rings (SSSR count). The molecule has 0 fully saturated rings. The number of nitrogens with zero attached hydrogens (tertiary/aromatic N) is 5. The van der Waals surface area contributed by atoms with E-state index in [1.54, 1.807) is 21.0 Å². The van der Waals surface area contributed by atoms with Gasteiger partial charge in [-0.25, -0.2) is 24.5 Å². The highest BCUT2D eigenvalue weighted by molar-refractivity contribution is 5.98. The molecule has 35 heavy (non-hydrogen) atoms. The zero-order valence-electron chi connectivity index (χ0n) is 19.7. The van der Waals surface area contributed by atoms with Crippen molar-refractivity contribution in [2.75, 3.05) is 25.6 Å². The fraction of sp³-hybridized carbons (Fsp3) is 0.250. The van der Waals surface area contributed by atoms with E-state index < -0.39 is 11.9 Å². The number of methoxy groups -OCH3 is 1. The third-order valence-corrected chi connectivity index (χ3v) is 5.14. The van der Waals surface area contributed by atoms with Crippen LogP contribution in [0.1, 0.15) is 40.1 Å². The Balaban J connectivity index is 1.89. The van der Waals surface area contributed by atoms with E-state index in [2.05, 4.69) is 20.4 Å². The Bertz CT molecular complexity index is 1400. The van der Waals surface area contributed by atoms with E-state index in [1.165, 1.54) is 23.4 Å². The van der Waals surface area contributed by atoms with Gasteiger partial charge < -0.3 is 19.5 Å². The van der Waals surface area contributed by atoms with Gasteiger partial charge in [0.05, 0.1) is 26.5 Å². The first kappa shape index (κ1) is 23.6. The van der Waals surface area contributed by atoms with Crippen molar-refractivity contribution in [1.82, 2.24) is 24.7 Å². The van der Waals surface area contributed by atoms with Crippen LogP contribution in [0.25, 0.3) is 16.7 Å². The molecule has 0 spiro atoms. The number of rotatable bonds is 8. The number of pyridine rings is 1. The highest BCUT2D eigenvalue weighted by Gasteiger charge is 2.24. The highest BCUT2D eigenvalue weighted by Crippen LogP contribution is 2.30. The lowest BCUT2D eigenvalue weighted by atomic mass is 10.1. The molecule has 0 saturated carbocycles. The van der Waals surface area contributed by atoms with Gasteiger partial charge in [0.25, 0.3) is 0 Å². The molecule has 11 nitrogen and oxygen atoms in total. The van der Waals surface area contributed by atoms with Gasteiger partial charge in [-0.15, -0.1) is 0 Å². The first-order chi connectivity index (χ1) is 17.0. The van der Waals surface area contributed by atoms with Gasteiger partial charge in [0.2, 0.25) is 0 Å². The summed E-state index contributed by atoms with van der Waals surface area (Å²) < 4.78 is 17.3. The molecule has 3 heterocycles. The number of nitrogens with one attached hydrogen (secondary N) is 1. The van der Waals surface area contributed by atoms with Crippen LogP contribution in [0.15, 0.2) is 43.0 Å². The Kier molecular flexibility index (Phi) is 6.86. The third-order valence-electron chi connectivity index (χ3n) is 5.14. The molecule has 180 valence electrons. The number of hydrogen-bond donors (Lipinski definition) is 1.